The fourth-order valence-corrected chi connectivity index (χ4v) is 6.82. The topological polar surface area (TPSA) is 86.8 Å². The first-order valence-corrected chi connectivity index (χ1v) is 16.8. The summed E-state index contributed by atoms with van der Waals surface area (Å²) >= 11 is 6.23. The van der Waals surface area contributed by atoms with Gasteiger partial charge in [0.25, 0.3) is 10.0 Å². The Hall–Kier alpha value is -4.14. The van der Waals surface area contributed by atoms with Crippen molar-refractivity contribution in [3.05, 3.63) is 130 Å². The van der Waals surface area contributed by atoms with Gasteiger partial charge in [0, 0.05) is 24.0 Å². The molecule has 0 aromatic heterocycles. The van der Waals surface area contributed by atoms with Gasteiger partial charge in [-0.1, -0.05) is 91.3 Å². The molecule has 0 heterocycles. The molecule has 4 rings (SSSR count). The molecule has 236 valence electrons. The average molecular weight is 646 g/mol. The number of amides is 2. The lowest BCUT2D eigenvalue weighted by Gasteiger charge is -2.35. The SMILES string of the molecule is CC[C@@H](C)NC(=O)[C@H](Cc1ccccc1)N(Cc1ccccc1C)C(=O)CN(c1ccc(Cl)cc1C)S(=O)(=O)c1ccccc1. The van der Waals surface area contributed by atoms with E-state index >= 15 is 0 Å². The Morgan fingerprint density at radius 3 is 2.09 bits per heavy atom. The zero-order valence-electron chi connectivity index (χ0n) is 26.1. The smallest absolute Gasteiger partial charge is 0.264 e. The molecule has 2 atom stereocenters. The summed E-state index contributed by atoms with van der Waals surface area (Å²) in [5, 5.41) is 3.51. The molecule has 2 amide bonds. The predicted molar refractivity (Wildman–Crippen MR) is 181 cm³/mol. The van der Waals surface area contributed by atoms with Crippen molar-refractivity contribution in [3.63, 3.8) is 0 Å². The fourth-order valence-electron chi connectivity index (χ4n) is 5.10. The molecule has 0 fully saturated rings. The van der Waals surface area contributed by atoms with Crippen molar-refractivity contribution in [2.45, 2.75) is 64.1 Å². The van der Waals surface area contributed by atoms with Crippen LogP contribution >= 0.6 is 11.6 Å². The number of sulfonamides is 1. The van der Waals surface area contributed by atoms with E-state index in [1.807, 2.05) is 75.4 Å². The van der Waals surface area contributed by atoms with E-state index in [1.54, 1.807) is 43.3 Å². The highest BCUT2D eigenvalue weighted by Gasteiger charge is 2.35. The largest absolute Gasteiger partial charge is 0.352 e. The minimum atomic E-state index is -4.18. The molecular weight excluding hydrogens is 606 g/mol. The van der Waals surface area contributed by atoms with Crippen molar-refractivity contribution < 1.29 is 18.0 Å². The Kier molecular flexibility index (Phi) is 11.4. The van der Waals surface area contributed by atoms with Gasteiger partial charge in [0.1, 0.15) is 12.6 Å². The van der Waals surface area contributed by atoms with Crippen LogP contribution in [0.4, 0.5) is 5.69 Å². The monoisotopic (exact) mass is 645 g/mol. The van der Waals surface area contributed by atoms with E-state index < -0.39 is 28.5 Å². The summed E-state index contributed by atoms with van der Waals surface area (Å²) in [6.07, 6.45) is 0.973. The molecule has 4 aromatic carbocycles. The van der Waals surface area contributed by atoms with Crippen LogP contribution in [0.1, 0.15) is 42.5 Å². The van der Waals surface area contributed by atoms with E-state index in [-0.39, 0.29) is 29.8 Å². The number of nitrogens with zero attached hydrogens (tertiary/aromatic N) is 2. The first kappa shape index (κ1) is 33.7. The number of carbonyl (C=O) groups is 2. The molecule has 0 bridgehead atoms. The number of benzene rings is 4. The highest BCUT2D eigenvalue weighted by molar-refractivity contribution is 7.92. The van der Waals surface area contributed by atoms with Crippen molar-refractivity contribution in [2.75, 3.05) is 10.8 Å². The summed E-state index contributed by atoms with van der Waals surface area (Å²) in [4.78, 5) is 30.1. The first-order valence-electron chi connectivity index (χ1n) is 15.0. The summed E-state index contributed by atoms with van der Waals surface area (Å²) in [5.74, 6) is -0.803. The Labute approximate surface area is 271 Å². The molecule has 0 radical (unpaired) electrons. The van der Waals surface area contributed by atoms with Crippen LogP contribution in [-0.4, -0.2) is 43.8 Å². The number of rotatable bonds is 13. The lowest BCUT2D eigenvalue weighted by molar-refractivity contribution is -0.140. The Morgan fingerprint density at radius 2 is 1.47 bits per heavy atom. The van der Waals surface area contributed by atoms with Crippen LogP contribution in [0, 0.1) is 13.8 Å². The average Bonchev–Trinajstić information content (AvgIpc) is 3.03. The van der Waals surface area contributed by atoms with Crippen molar-refractivity contribution in [3.8, 4) is 0 Å². The maximum Gasteiger partial charge on any atom is 0.264 e. The minimum absolute atomic E-state index is 0.0490. The number of aryl methyl sites for hydroxylation is 2. The summed E-state index contributed by atoms with van der Waals surface area (Å²) < 4.78 is 29.4. The lowest BCUT2D eigenvalue weighted by atomic mass is 10.0. The molecule has 4 aromatic rings. The Morgan fingerprint density at radius 1 is 0.844 bits per heavy atom. The van der Waals surface area contributed by atoms with Gasteiger partial charge in [0.2, 0.25) is 11.8 Å². The zero-order chi connectivity index (χ0) is 32.6. The van der Waals surface area contributed by atoms with Crippen molar-refractivity contribution in [1.29, 1.82) is 0 Å². The van der Waals surface area contributed by atoms with Gasteiger partial charge in [-0.25, -0.2) is 8.42 Å². The van der Waals surface area contributed by atoms with Crippen LogP contribution in [0.15, 0.2) is 108 Å². The molecule has 0 aliphatic rings. The molecule has 1 N–H and O–H groups in total. The number of anilines is 1. The normalized spacial score (nSPS) is 12.6. The predicted octanol–water partition coefficient (Wildman–Crippen LogP) is 6.71. The molecule has 7 nitrogen and oxygen atoms in total. The fraction of sp³-hybridized carbons (Fsp3) is 0.278. The second kappa shape index (κ2) is 15.2. The van der Waals surface area contributed by atoms with Crippen LogP contribution in [0.2, 0.25) is 5.02 Å². The first-order chi connectivity index (χ1) is 21.5. The van der Waals surface area contributed by atoms with Crippen LogP contribution < -0.4 is 9.62 Å². The third-order valence-corrected chi connectivity index (χ3v) is 9.92. The molecular formula is C36H40ClN3O4S. The van der Waals surface area contributed by atoms with E-state index in [4.69, 9.17) is 11.6 Å². The lowest BCUT2D eigenvalue weighted by Crippen LogP contribution is -2.54. The molecule has 0 unspecified atom stereocenters. The highest BCUT2D eigenvalue weighted by atomic mass is 35.5. The Balaban J connectivity index is 1.83. The van der Waals surface area contributed by atoms with Gasteiger partial charge >= 0.3 is 0 Å². The van der Waals surface area contributed by atoms with Gasteiger partial charge in [0.15, 0.2) is 0 Å². The second-order valence-corrected chi connectivity index (χ2v) is 13.5. The third-order valence-electron chi connectivity index (χ3n) is 7.91. The van der Waals surface area contributed by atoms with Gasteiger partial charge < -0.3 is 10.2 Å². The molecule has 0 saturated heterocycles. The van der Waals surface area contributed by atoms with Crippen molar-refractivity contribution in [2.24, 2.45) is 0 Å². The Bertz CT molecular complexity index is 1720. The molecule has 0 saturated carbocycles. The van der Waals surface area contributed by atoms with Crippen molar-refractivity contribution >= 4 is 39.1 Å². The number of carbonyl (C=O) groups excluding carboxylic acids is 2. The van der Waals surface area contributed by atoms with Crippen molar-refractivity contribution in [1.82, 2.24) is 10.2 Å². The molecule has 45 heavy (non-hydrogen) atoms. The number of hydrogen-bond acceptors (Lipinski definition) is 4. The maximum absolute atomic E-state index is 14.6. The summed E-state index contributed by atoms with van der Waals surface area (Å²) in [5.41, 5.74) is 3.62. The summed E-state index contributed by atoms with van der Waals surface area (Å²) in [6, 6.07) is 29.1. The third kappa shape index (κ3) is 8.53. The highest BCUT2D eigenvalue weighted by Crippen LogP contribution is 2.30. The van der Waals surface area contributed by atoms with Gasteiger partial charge in [-0.15, -0.1) is 0 Å². The van der Waals surface area contributed by atoms with Gasteiger partial charge in [-0.05, 0) is 79.8 Å². The van der Waals surface area contributed by atoms with Gasteiger partial charge in [0.05, 0.1) is 10.6 Å². The molecule has 9 heteroatoms. The maximum atomic E-state index is 14.6. The zero-order valence-corrected chi connectivity index (χ0v) is 27.7. The van der Waals surface area contributed by atoms with Crippen LogP contribution in [0.25, 0.3) is 0 Å². The van der Waals surface area contributed by atoms with Crippen LogP contribution in [0.3, 0.4) is 0 Å². The number of nitrogens with one attached hydrogen (secondary N) is 1. The van der Waals surface area contributed by atoms with E-state index in [2.05, 4.69) is 5.32 Å². The minimum Gasteiger partial charge on any atom is -0.352 e. The molecule has 0 aliphatic carbocycles. The standard InChI is InChI=1S/C36H40ClN3O4S/c1-5-28(4)38-36(42)34(23-29-15-8-6-9-16-29)39(24-30-17-13-12-14-26(30)2)35(41)25-40(33-21-20-31(37)22-27(33)3)45(43,44)32-18-10-7-11-19-32/h6-22,28,34H,5,23-25H2,1-4H3,(H,38,42)/t28-,34+/m1/s1. The van der Waals surface area contributed by atoms with Gasteiger partial charge in [-0.3, -0.25) is 13.9 Å². The van der Waals surface area contributed by atoms with Crippen LogP contribution in [-0.2, 0) is 32.6 Å². The van der Waals surface area contributed by atoms with Crippen LogP contribution in [0.5, 0.6) is 0 Å². The van der Waals surface area contributed by atoms with E-state index in [1.165, 1.54) is 17.0 Å². The summed E-state index contributed by atoms with van der Waals surface area (Å²) in [7, 11) is -4.18. The van der Waals surface area contributed by atoms with E-state index in [0.717, 1.165) is 21.0 Å². The number of hydrogen-bond donors (Lipinski definition) is 1. The van der Waals surface area contributed by atoms with Gasteiger partial charge in [-0.2, -0.15) is 0 Å². The number of halogens is 1. The quantitative estimate of drug-likeness (QED) is 0.175. The van der Waals surface area contributed by atoms with E-state index in [9.17, 15) is 18.0 Å². The summed E-state index contributed by atoms with van der Waals surface area (Å²) in [6.45, 7) is 7.20. The molecule has 0 spiro atoms. The van der Waals surface area contributed by atoms with E-state index in [0.29, 0.717) is 22.7 Å². The molecule has 0 aliphatic heterocycles. The second-order valence-electron chi connectivity index (χ2n) is 11.2.